The van der Waals surface area contributed by atoms with Crippen LogP contribution in [0.4, 0.5) is 9.93 Å². The standard InChI is InChI=1S/C23H26N8O8S4/c1-23(2,3)39-21(37)24-5-12-28-29-22(43-12)42-7-10-6-40-18-14(17(34)31(18)15(10)19(35)36)27-16(33)13(30-38-4)11-8-41-20(26-11)25-9-32/h8-9,14,18H,5-7H2,1-4H3,(H,24,37)(H,27,33)(H,35,36)(H,25,26,32)/t14?,18-/m0/s1. The number of hydrogen-bond donors (Lipinski definition) is 4. The Labute approximate surface area is 261 Å². The first kappa shape index (κ1) is 32.2. The van der Waals surface area contributed by atoms with E-state index in [0.29, 0.717) is 27.1 Å². The summed E-state index contributed by atoms with van der Waals surface area (Å²) in [6, 6.07) is -1.00. The van der Waals surface area contributed by atoms with Crippen molar-refractivity contribution in [1.29, 1.82) is 0 Å². The lowest BCUT2D eigenvalue weighted by molar-refractivity contribution is -0.150. The third-order valence-electron chi connectivity index (χ3n) is 5.46. The lowest BCUT2D eigenvalue weighted by Crippen LogP contribution is -2.71. The van der Waals surface area contributed by atoms with Crippen LogP contribution in [0.5, 0.6) is 0 Å². The number of ether oxygens (including phenoxy) is 1. The number of carboxylic acid groups (broad SMARTS) is 1. The van der Waals surface area contributed by atoms with Crippen LogP contribution in [0.1, 0.15) is 31.5 Å². The molecule has 43 heavy (non-hydrogen) atoms. The molecule has 1 unspecified atom stereocenters. The number of anilines is 1. The molecule has 2 atom stereocenters. The number of alkyl carbamates (subject to hydrolysis) is 1. The number of aliphatic carboxylic acids is 1. The Morgan fingerprint density at radius 2 is 2.07 bits per heavy atom. The Bertz CT molecular complexity index is 1480. The lowest BCUT2D eigenvalue weighted by Gasteiger charge is -2.49. The van der Waals surface area contributed by atoms with Gasteiger partial charge in [-0.15, -0.1) is 33.3 Å². The van der Waals surface area contributed by atoms with E-state index in [1.54, 1.807) is 20.8 Å². The van der Waals surface area contributed by atoms with Gasteiger partial charge in [0.1, 0.15) is 40.5 Å². The highest BCUT2D eigenvalue weighted by molar-refractivity contribution is 8.01. The van der Waals surface area contributed by atoms with Crippen LogP contribution in [0.3, 0.4) is 0 Å². The Balaban J connectivity index is 1.38. The van der Waals surface area contributed by atoms with Gasteiger partial charge in [0.15, 0.2) is 15.2 Å². The van der Waals surface area contributed by atoms with E-state index in [9.17, 15) is 29.1 Å². The van der Waals surface area contributed by atoms with Crippen molar-refractivity contribution in [3.05, 3.63) is 27.4 Å². The zero-order valence-electron chi connectivity index (χ0n) is 23.1. The number of aromatic nitrogens is 3. The number of fused-ring (bicyclic) bond motifs is 1. The maximum absolute atomic E-state index is 13.1. The number of carbonyl (C=O) groups excluding carboxylic acids is 4. The van der Waals surface area contributed by atoms with Crippen LogP contribution in [-0.2, 0) is 35.3 Å². The molecule has 0 radical (unpaired) electrons. The molecule has 1 saturated heterocycles. The van der Waals surface area contributed by atoms with Crippen molar-refractivity contribution >= 4 is 87.3 Å². The molecule has 1 fully saturated rings. The SMILES string of the molecule is CON=C(C(=O)NC1C(=O)N2C(C(=O)O)=C(CSc3nnc(CNC(=O)OC(C)(C)C)s3)CS[C@@H]12)c1csc(NC=O)n1. The number of nitrogens with zero attached hydrogens (tertiary/aromatic N) is 5. The minimum Gasteiger partial charge on any atom is -0.477 e. The molecule has 4 rings (SSSR count). The first-order chi connectivity index (χ1) is 20.4. The third-order valence-corrected chi connectivity index (χ3v) is 9.72. The molecule has 2 aliphatic rings. The molecule has 2 aromatic rings. The topological polar surface area (TPSA) is 214 Å². The van der Waals surface area contributed by atoms with Crippen LogP contribution in [0.2, 0.25) is 0 Å². The van der Waals surface area contributed by atoms with Crippen molar-refractivity contribution in [2.45, 2.75) is 48.7 Å². The summed E-state index contributed by atoms with van der Waals surface area (Å²) in [7, 11) is 1.24. The number of rotatable bonds is 12. The molecule has 20 heteroatoms. The minimum atomic E-state index is -1.27. The van der Waals surface area contributed by atoms with E-state index in [4.69, 9.17) is 9.57 Å². The third kappa shape index (κ3) is 7.80. The van der Waals surface area contributed by atoms with E-state index in [1.165, 1.54) is 47.4 Å². The van der Waals surface area contributed by atoms with Gasteiger partial charge in [-0.05, 0) is 26.3 Å². The van der Waals surface area contributed by atoms with Gasteiger partial charge in [0.05, 0.1) is 6.54 Å². The van der Waals surface area contributed by atoms with Gasteiger partial charge >= 0.3 is 12.1 Å². The molecule has 4 heterocycles. The average molecular weight is 671 g/mol. The summed E-state index contributed by atoms with van der Waals surface area (Å²) in [5.41, 5.74) is -0.350. The highest BCUT2D eigenvalue weighted by Gasteiger charge is 2.54. The number of carboxylic acids is 1. The Kier molecular flexibility index (Phi) is 10.2. The van der Waals surface area contributed by atoms with Gasteiger partial charge in [-0.3, -0.25) is 19.3 Å². The molecule has 230 valence electrons. The smallest absolute Gasteiger partial charge is 0.408 e. The monoisotopic (exact) mass is 670 g/mol. The second-order valence-electron chi connectivity index (χ2n) is 9.65. The van der Waals surface area contributed by atoms with E-state index in [-0.39, 0.29) is 34.5 Å². The lowest BCUT2D eigenvalue weighted by atomic mass is 10.0. The average Bonchev–Trinajstić information content (AvgIpc) is 3.60. The summed E-state index contributed by atoms with van der Waals surface area (Å²) < 4.78 is 5.76. The number of thiazole rings is 1. The molecule has 0 aromatic carbocycles. The van der Waals surface area contributed by atoms with E-state index in [1.807, 2.05) is 0 Å². The van der Waals surface area contributed by atoms with Crippen LogP contribution >= 0.6 is 46.2 Å². The number of amides is 4. The molecule has 2 aliphatic heterocycles. The van der Waals surface area contributed by atoms with Crippen LogP contribution in [0.25, 0.3) is 0 Å². The second kappa shape index (κ2) is 13.7. The molecular formula is C23H26N8O8S4. The largest absolute Gasteiger partial charge is 0.477 e. The number of carbonyl (C=O) groups is 5. The highest BCUT2D eigenvalue weighted by Crippen LogP contribution is 2.41. The van der Waals surface area contributed by atoms with E-state index in [2.05, 4.69) is 36.3 Å². The molecule has 4 N–H and O–H groups in total. The summed E-state index contributed by atoms with van der Waals surface area (Å²) in [6.07, 6.45) is -0.141. The van der Waals surface area contributed by atoms with Gasteiger partial charge in [0.25, 0.3) is 11.8 Å². The molecule has 2 aromatic heterocycles. The molecule has 0 saturated carbocycles. The minimum absolute atomic E-state index is 0.124. The van der Waals surface area contributed by atoms with E-state index in [0.717, 1.165) is 16.2 Å². The van der Waals surface area contributed by atoms with Crippen molar-refractivity contribution in [2.75, 3.05) is 23.9 Å². The van der Waals surface area contributed by atoms with Crippen molar-refractivity contribution in [3.8, 4) is 0 Å². The van der Waals surface area contributed by atoms with Gasteiger partial charge < -0.3 is 30.6 Å². The number of hydrogen-bond acceptors (Lipinski definition) is 15. The molecular weight excluding hydrogens is 645 g/mol. The number of β-lactam (4-membered cyclic amide) rings is 1. The van der Waals surface area contributed by atoms with E-state index < -0.39 is 40.9 Å². The van der Waals surface area contributed by atoms with Crippen molar-refractivity contribution in [2.24, 2.45) is 5.16 Å². The summed E-state index contributed by atoms with van der Waals surface area (Å²) in [6.45, 7) is 5.39. The van der Waals surface area contributed by atoms with Crippen LogP contribution < -0.4 is 16.0 Å². The fourth-order valence-electron chi connectivity index (χ4n) is 3.78. The Morgan fingerprint density at radius 1 is 1.30 bits per heavy atom. The van der Waals surface area contributed by atoms with Crippen molar-refractivity contribution < 1.29 is 38.7 Å². The van der Waals surface area contributed by atoms with Gasteiger partial charge in [-0.2, -0.15) is 0 Å². The van der Waals surface area contributed by atoms with Crippen molar-refractivity contribution in [1.82, 2.24) is 30.7 Å². The number of thioether (sulfide) groups is 2. The normalized spacial score (nSPS) is 18.4. The van der Waals surface area contributed by atoms with Crippen LogP contribution in [0.15, 0.2) is 26.1 Å². The van der Waals surface area contributed by atoms with Gasteiger partial charge in [0, 0.05) is 16.9 Å². The van der Waals surface area contributed by atoms with Crippen LogP contribution in [0, 0.1) is 0 Å². The highest BCUT2D eigenvalue weighted by atomic mass is 32.2. The molecule has 0 spiro atoms. The van der Waals surface area contributed by atoms with Gasteiger partial charge in [-0.25, -0.2) is 14.6 Å². The van der Waals surface area contributed by atoms with Gasteiger partial charge in [0.2, 0.25) is 6.41 Å². The van der Waals surface area contributed by atoms with Crippen LogP contribution in [-0.4, -0.2) is 96.8 Å². The molecule has 16 nitrogen and oxygen atoms in total. The summed E-state index contributed by atoms with van der Waals surface area (Å²) in [4.78, 5) is 70.9. The summed E-state index contributed by atoms with van der Waals surface area (Å²) in [5, 5.41) is 31.0. The molecule has 4 amide bonds. The van der Waals surface area contributed by atoms with Crippen molar-refractivity contribution in [3.63, 3.8) is 0 Å². The molecule has 0 bridgehead atoms. The summed E-state index contributed by atoms with van der Waals surface area (Å²) in [5.74, 6) is -2.07. The van der Waals surface area contributed by atoms with E-state index >= 15 is 0 Å². The quantitative estimate of drug-likeness (QED) is 0.0829. The predicted octanol–water partition coefficient (Wildman–Crippen LogP) is 1.47. The maximum atomic E-state index is 13.1. The second-order valence-corrected chi connectivity index (χ2v) is 13.9. The zero-order valence-corrected chi connectivity index (χ0v) is 26.4. The Hall–Kier alpha value is -3.75. The van der Waals surface area contributed by atoms with Gasteiger partial charge in [-0.1, -0.05) is 28.3 Å². The number of nitrogens with one attached hydrogen (secondary N) is 3. The first-order valence-corrected chi connectivity index (χ1v) is 16.0. The fraction of sp³-hybridized carbons (Fsp3) is 0.435. The maximum Gasteiger partial charge on any atom is 0.408 e. The Morgan fingerprint density at radius 3 is 2.74 bits per heavy atom. The fourth-order valence-corrected chi connectivity index (χ4v) is 7.75. The number of oxime groups is 1. The first-order valence-electron chi connectivity index (χ1n) is 12.3. The summed E-state index contributed by atoms with van der Waals surface area (Å²) >= 11 is 4.88. The molecule has 0 aliphatic carbocycles. The zero-order chi connectivity index (χ0) is 31.3. The predicted molar refractivity (Wildman–Crippen MR) is 159 cm³/mol.